The molecule has 2 rings (SSSR count). The van der Waals surface area contributed by atoms with Crippen LogP contribution in [0.5, 0.6) is 5.75 Å². The van der Waals surface area contributed by atoms with Crippen molar-refractivity contribution >= 4 is 5.82 Å². The second kappa shape index (κ2) is 6.13. The second-order valence-corrected chi connectivity index (χ2v) is 4.04. The lowest BCUT2D eigenvalue weighted by Gasteiger charge is -2.07. The number of benzene rings is 1. The maximum atomic E-state index is 13.4. The highest BCUT2D eigenvalue weighted by Crippen LogP contribution is 2.24. The van der Waals surface area contributed by atoms with Crippen molar-refractivity contribution in [3.8, 4) is 17.1 Å². The molecule has 0 unspecified atom stereocenters. The van der Waals surface area contributed by atoms with Gasteiger partial charge in [0.2, 0.25) is 0 Å². The first-order valence-electron chi connectivity index (χ1n) is 6.15. The number of aromatic nitrogens is 2. The van der Waals surface area contributed by atoms with Crippen LogP contribution in [0.25, 0.3) is 11.4 Å². The van der Waals surface area contributed by atoms with E-state index in [9.17, 15) is 4.39 Å². The van der Waals surface area contributed by atoms with Crippen molar-refractivity contribution < 1.29 is 9.13 Å². The third-order valence-corrected chi connectivity index (χ3v) is 2.62. The molecule has 1 aromatic heterocycles. The number of rotatable bonds is 5. The fourth-order valence-electron chi connectivity index (χ4n) is 1.65. The monoisotopic (exact) mass is 261 g/mol. The van der Waals surface area contributed by atoms with E-state index < -0.39 is 5.82 Å². The summed E-state index contributed by atoms with van der Waals surface area (Å²) in [4.78, 5) is 8.58. The molecule has 0 amide bonds. The van der Waals surface area contributed by atoms with Crippen molar-refractivity contribution in [3.63, 3.8) is 0 Å². The maximum absolute atomic E-state index is 13.4. The van der Waals surface area contributed by atoms with Crippen molar-refractivity contribution in [2.24, 2.45) is 0 Å². The summed E-state index contributed by atoms with van der Waals surface area (Å²) in [6, 6.07) is 6.38. The van der Waals surface area contributed by atoms with Gasteiger partial charge in [-0.05, 0) is 30.7 Å². The fraction of sp³-hybridized carbons (Fsp3) is 0.286. The minimum absolute atomic E-state index is 0.188. The Hall–Kier alpha value is -2.17. The standard InChI is InChI=1S/C14H16FN3O/c1-3-7-16-13-6-8-17-14(18-13)10-4-5-11(15)12(9-10)19-2/h4-6,8-9H,3,7H2,1-2H3,(H,16,17,18). The molecule has 0 saturated carbocycles. The summed E-state index contributed by atoms with van der Waals surface area (Å²) in [5.41, 5.74) is 0.721. The van der Waals surface area contributed by atoms with E-state index in [1.54, 1.807) is 24.4 Å². The van der Waals surface area contributed by atoms with Gasteiger partial charge in [0.15, 0.2) is 17.4 Å². The van der Waals surface area contributed by atoms with Gasteiger partial charge in [-0.15, -0.1) is 0 Å². The average molecular weight is 261 g/mol. The number of methoxy groups -OCH3 is 1. The van der Waals surface area contributed by atoms with E-state index in [-0.39, 0.29) is 5.75 Å². The normalized spacial score (nSPS) is 10.3. The van der Waals surface area contributed by atoms with Crippen LogP contribution in [0.4, 0.5) is 10.2 Å². The predicted octanol–water partition coefficient (Wildman–Crippen LogP) is 3.11. The van der Waals surface area contributed by atoms with E-state index >= 15 is 0 Å². The first-order chi connectivity index (χ1) is 9.24. The molecule has 1 aromatic carbocycles. The summed E-state index contributed by atoms with van der Waals surface area (Å²) in [7, 11) is 1.43. The van der Waals surface area contributed by atoms with Gasteiger partial charge in [0.1, 0.15) is 5.82 Å². The van der Waals surface area contributed by atoms with Crippen LogP contribution in [-0.2, 0) is 0 Å². The van der Waals surface area contributed by atoms with E-state index in [0.29, 0.717) is 5.82 Å². The summed E-state index contributed by atoms with van der Waals surface area (Å²) in [6.45, 7) is 2.93. The zero-order valence-electron chi connectivity index (χ0n) is 11.0. The Morgan fingerprint density at radius 2 is 2.16 bits per heavy atom. The lowest BCUT2D eigenvalue weighted by molar-refractivity contribution is 0.387. The molecule has 0 aliphatic heterocycles. The van der Waals surface area contributed by atoms with Crippen molar-refractivity contribution in [2.45, 2.75) is 13.3 Å². The topological polar surface area (TPSA) is 47.0 Å². The Labute approximate surface area is 111 Å². The first kappa shape index (κ1) is 13.3. The summed E-state index contributed by atoms with van der Waals surface area (Å²) in [5, 5.41) is 3.19. The Morgan fingerprint density at radius 1 is 1.32 bits per heavy atom. The first-order valence-corrected chi connectivity index (χ1v) is 6.15. The molecule has 0 atom stereocenters. The zero-order chi connectivity index (χ0) is 13.7. The Bertz CT molecular complexity index is 560. The van der Waals surface area contributed by atoms with Gasteiger partial charge in [-0.25, -0.2) is 14.4 Å². The van der Waals surface area contributed by atoms with E-state index in [2.05, 4.69) is 22.2 Å². The van der Waals surface area contributed by atoms with Gasteiger partial charge in [-0.1, -0.05) is 6.92 Å². The SMILES string of the molecule is CCCNc1ccnc(-c2ccc(F)c(OC)c2)n1. The molecule has 2 aromatic rings. The third-order valence-electron chi connectivity index (χ3n) is 2.62. The average Bonchev–Trinajstić information content (AvgIpc) is 2.46. The number of nitrogens with zero attached hydrogens (tertiary/aromatic N) is 2. The van der Waals surface area contributed by atoms with E-state index in [1.165, 1.54) is 13.2 Å². The van der Waals surface area contributed by atoms with Gasteiger partial charge in [-0.3, -0.25) is 0 Å². The van der Waals surface area contributed by atoms with Crippen LogP contribution < -0.4 is 10.1 Å². The highest BCUT2D eigenvalue weighted by Gasteiger charge is 2.07. The van der Waals surface area contributed by atoms with Crippen molar-refractivity contribution in [2.75, 3.05) is 19.0 Å². The van der Waals surface area contributed by atoms with Gasteiger partial charge < -0.3 is 10.1 Å². The van der Waals surface area contributed by atoms with Gasteiger partial charge in [0, 0.05) is 18.3 Å². The van der Waals surface area contributed by atoms with Crippen molar-refractivity contribution in [1.29, 1.82) is 0 Å². The van der Waals surface area contributed by atoms with E-state index in [0.717, 1.165) is 24.3 Å². The minimum Gasteiger partial charge on any atom is -0.494 e. The van der Waals surface area contributed by atoms with Gasteiger partial charge in [0.25, 0.3) is 0 Å². The largest absolute Gasteiger partial charge is 0.494 e. The molecule has 0 aliphatic rings. The molecule has 0 saturated heterocycles. The number of halogens is 1. The maximum Gasteiger partial charge on any atom is 0.165 e. The Balaban J connectivity index is 2.30. The van der Waals surface area contributed by atoms with Crippen LogP contribution >= 0.6 is 0 Å². The molecular weight excluding hydrogens is 245 g/mol. The number of nitrogens with one attached hydrogen (secondary N) is 1. The predicted molar refractivity (Wildman–Crippen MR) is 72.8 cm³/mol. The highest BCUT2D eigenvalue weighted by atomic mass is 19.1. The second-order valence-electron chi connectivity index (χ2n) is 4.04. The number of anilines is 1. The third kappa shape index (κ3) is 3.19. The minimum atomic E-state index is -0.397. The molecule has 0 spiro atoms. The molecule has 1 heterocycles. The molecule has 19 heavy (non-hydrogen) atoms. The van der Waals surface area contributed by atoms with E-state index in [1.807, 2.05) is 0 Å². The molecule has 0 radical (unpaired) electrons. The smallest absolute Gasteiger partial charge is 0.165 e. The number of hydrogen-bond donors (Lipinski definition) is 1. The summed E-state index contributed by atoms with van der Waals surface area (Å²) < 4.78 is 18.3. The number of ether oxygens (including phenoxy) is 1. The quantitative estimate of drug-likeness (QED) is 0.898. The van der Waals surface area contributed by atoms with Gasteiger partial charge in [-0.2, -0.15) is 0 Å². The zero-order valence-corrected chi connectivity index (χ0v) is 11.0. The lowest BCUT2D eigenvalue weighted by Crippen LogP contribution is -2.03. The van der Waals surface area contributed by atoms with Crippen LogP contribution in [0.1, 0.15) is 13.3 Å². The highest BCUT2D eigenvalue weighted by molar-refractivity contribution is 5.59. The molecule has 0 fully saturated rings. The fourth-order valence-corrected chi connectivity index (χ4v) is 1.65. The Morgan fingerprint density at radius 3 is 2.89 bits per heavy atom. The van der Waals surface area contributed by atoms with Crippen LogP contribution in [0.2, 0.25) is 0 Å². The molecule has 0 bridgehead atoms. The van der Waals surface area contributed by atoms with E-state index in [4.69, 9.17) is 4.74 Å². The van der Waals surface area contributed by atoms with Crippen LogP contribution in [-0.4, -0.2) is 23.6 Å². The molecule has 4 nitrogen and oxygen atoms in total. The number of hydrogen-bond acceptors (Lipinski definition) is 4. The van der Waals surface area contributed by atoms with Crippen molar-refractivity contribution in [3.05, 3.63) is 36.3 Å². The van der Waals surface area contributed by atoms with Crippen LogP contribution in [0, 0.1) is 5.82 Å². The summed E-state index contributed by atoms with van der Waals surface area (Å²) >= 11 is 0. The molecule has 0 aliphatic carbocycles. The Kier molecular flexibility index (Phi) is 4.28. The summed E-state index contributed by atoms with van der Waals surface area (Å²) in [5.74, 6) is 1.09. The molecular formula is C14H16FN3O. The van der Waals surface area contributed by atoms with Crippen molar-refractivity contribution in [1.82, 2.24) is 9.97 Å². The van der Waals surface area contributed by atoms with Crippen LogP contribution in [0.15, 0.2) is 30.5 Å². The molecule has 1 N–H and O–H groups in total. The van der Waals surface area contributed by atoms with Gasteiger partial charge >= 0.3 is 0 Å². The van der Waals surface area contributed by atoms with Crippen LogP contribution in [0.3, 0.4) is 0 Å². The lowest BCUT2D eigenvalue weighted by atomic mass is 10.2. The van der Waals surface area contributed by atoms with Gasteiger partial charge in [0.05, 0.1) is 7.11 Å². The molecule has 100 valence electrons. The molecule has 5 heteroatoms. The summed E-state index contributed by atoms with van der Waals surface area (Å²) in [6.07, 6.45) is 2.69.